The van der Waals surface area contributed by atoms with Crippen LogP contribution in [0.1, 0.15) is 22.3 Å². The molecule has 5 nitrogen and oxygen atoms in total. The third-order valence-corrected chi connectivity index (χ3v) is 12.9. The van der Waals surface area contributed by atoms with Crippen LogP contribution >= 0.6 is 0 Å². The van der Waals surface area contributed by atoms with Crippen LogP contribution < -0.4 is 4.74 Å². The lowest BCUT2D eigenvalue weighted by Gasteiger charge is -2.40. The molecule has 63 heavy (non-hydrogen) atoms. The lowest BCUT2D eigenvalue weighted by molar-refractivity contribution is 0.436. The van der Waals surface area contributed by atoms with Gasteiger partial charge in [-0.15, -0.1) is 0 Å². The Bertz CT molecular complexity index is 3440. The van der Waals surface area contributed by atoms with Gasteiger partial charge in [0.25, 0.3) is 0 Å². The Balaban J connectivity index is 1.14. The summed E-state index contributed by atoms with van der Waals surface area (Å²) in [6, 6.07) is 77.4. The van der Waals surface area contributed by atoms with Crippen molar-refractivity contribution in [2.24, 2.45) is 0 Å². The van der Waals surface area contributed by atoms with E-state index in [1.165, 1.54) is 16.7 Å². The Morgan fingerprint density at radius 3 is 1.43 bits per heavy atom. The first-order chi connectivity index (χ1) is 31.2. The minimum atomic E-state index is -0.712. The number of para-hydroxylation sites is 1. The van der Waals surface area contributed by atoms with Gasteiger partial charge in [-0.1, -0.05) is 176 Å². The molecule has 1 spiro atoms. The molecule has 13 rings (SSSR count). The van der Waals surface area contributed by atoms with Gasteiger partial charge in [-0.3, -0.25) is 4.57 Å². The Kier molecular flexibility index (Phi) is 7.75. The first-order valence-corrected chi connectivity index (χ1v) is 21.3. The van der Waals surface area contributed by atoms with Gasteiger partial charge in [-0.2, -0.15) is 9.97 Å². The molecular weight excluding hydrogens is 769 g/mol. The molecule has 1 aliphatic carbocycles. The summed E-state index contributed by atoms with van der Waals surface area (Å²) in [6.45, 7) is 0. The van der Waals surface area contributed by atoms with E-state index in [9.17, 15) is 0 Å². The Labute approximate surface area is 364 Å². The molecular formula is C58H36N4O. The fourth-order valence-electron chi connectivity index (χ4n) is 10.1. The maximum absolute atomic E-state index is 6.96. The van der Waals surface area contributed by atoms with Crippen molar-refractivity contribution in [1.82, 2.24) is 19.5 Å². The predicted octanol–water partition coefficient (Wildman–Crippen LogP) is 14.1. The molecule has 3 heterocycles. The third kappa shape index (κ3) is 5.33. The highest BCUT2D eigenvalue weighted by Crippen LogP contribution is 2.63. The summed E-state index contributed by atoms with van der Waals surface area (Å²) in [7, 11) is 0. The topological polar surface area (TPSA) is 52.8 Å². The molecule has 11 aromatic rings. The largest absolute Gasteiger partial charge is 0.457 e. The molecule has 5 heteroatoms. The minimum Gasteiger partial charge on any atom is -0.457 e. The van der Waals surface area contributed by atoms with Gasteiger partial charge in [-0.05, 0) is 87.0 Å². The van der Waals surface area contributed by atoms with Gasteiger partial charge in [0, 0.05) is 33.0 Å². The second-order valence-electron chi connectivity index (χ2n) is 16.3. The lowest BCUT2D eigenvalue weighted by atomic mass is 9.65. The SMILES string of the molecule is c1ccc(-c2ccc3c(c2)C2(c4cc(-c5ccccc5)ccc4O3)c3ccccc3-c3cc4c(cc32)c2ccccc2n4-c2nc(-c3ccccc3)nc(-c3ccccc3)n2)cc1. The fourth-order valence-corrected chi connectivity index (χ4v) is 10.1. The predicted molar refractivity (Wildman–Crippen MR) is 253 cm³/mol. The van der Waals surface area contributed by atoms with Crippen molar-refractivity contribution in [2.75, 3.05) is 0 Å². The summed E-state index contributed by atoms with van der Waals surface area (Å²) < 4.78 is 9.19. The first kappa shape index (κ1) is 35.4. The number of rotatable bonds is 5. The maximum Gasteiger partial charge on any atom is 0.238 e. The van der Waals surface area contributed by atoms with Gasteiger partial charge in [0.15, 0.2) is 11.6 Å². The zero-order chi connectivity index (χ0) is 41.5. The first-order valence-electron chi connectivity index (χ1n) is 21.3. The highest BCUT2D eigenvalue weighted by Gasteiger charge is 2.51. The molecule has 0 N–H and O–H groups in total. The van der Waals surface area contributed by atoms with Crippen molar-refractivity contribution in [3.63, 3.8) is 0 Å². The van der Waals surface area contributed by atoms with Gasteiger partial charge in [0.1, 0.15) is 11.5 Å². The van der Waals surface area contributed by atoms with Crippen molar-refractivity contribution in [3.8, 4) is 73.6 Å². The van der Waals surface area contributed by atoms with E-state index in [0.29, 0.717) is 17.6 Å². The highest BCUT2D eigenvalue weighted by molar-refractivity contribution is 6.12. The van der Waals surface area contributed by atoms with Crippen molar-refractivity contribution in [1.29, 1.82) is 0 Å². The normalized spacial score (nSPS) is 13.0. The Morgan fingerprint density at radius 1 is 0.333 bits per heavy atom. The lowest BCUT2D eigenvalue weighted by Crippen LogP contribution is -2.32. The van der Waals surface area contributed by atoms with E-state index in [4.69, 9.17) is 19.7 Å². The molecule has 0 saturated carbocycles. The second-order valence-corrected chi connectivity index (χ2v) is 16.3. The summed E-state index contributed by atoms with van der Waals surface area (Å²) in [5.74, 6) is 3.51. The number of aromatic nitrogens is 4. The summed E-state index contributed by atoms with van der Waals surface area (Å²) in [5, 5.41) is 2.24. The number of nitrogens with zero attached hydrogens (tertiary/aromatic N) is 4. The monoisotopic (exact) mass is 804 g/mol. The van der Waals surface area contributed by atoms with E-state index >= 15 is 0 Å². The molecule has 0 unspecified atom stereocenters. The fraction of sp³-hybridized carbons (Fsp3) is 0.0172. The van der Waals surface area contributed by atoms with Gasteiger partial charge in [0.2, 0.25) is 5.95 Å². The van der Waals surface area contributed by atoms with Crippen LogP contribution in [0.5, 0.6) is 11.5 Å². The third-order valence-electron chi connectivity index (χ3n) is 12.9. The summed E-state index contributed by atoms with van der Waals surface area (Å²) in [6.07, 6.45) is 0. The van der Waals surface area contributed by atoms with E-state index in [1.807, 2.05) is 36.4 Å². The number of ether oxygens (including phenoxy) is 1. The molecule has 0 saturated heterocycles. The van der Waals surface area contributed by atoms with Crippen molar-refractivity contribution < 1.29 is 4.74 Å². The van der Waals surface area contributed by atoms with Crippen LogP contribution in [0.25, 0.3) is 83.9 Å². The highest BCUT2D eigenvalue weighted by atomic mass is 16.5. The quantitative estimate of drug-likeness (QED) is 0.174. The standard InChI is InChI=1S/C58H36N4O/c1-5-17-37(18-6-1)41-29-31-53-49(33-41)58(50-34-42(30-32-54(50)63-53)38-19-7-2-8-20-38)47-27-15-13-25-43(47)45-36-52-46(35-48(45)58)44-26-14-16-28-51(44)62(52)57-60-55(39-21-9-3-10-22-39)59-56(61-57)40-23-11-4-12-24-40/h1-36H. The van der Waals surface area contributed by atoms with Gasteiger partial charge >= 0.3 is 0 Å². The maximum atomic E-state index is 6.96. The number of fused-ring (bicyclic) bond motifs is 12. The van der Waals surface area contributed by atoms with Crippen LogP contribution in [0.15, 0.2) is 218 Å². The molecule has 1 aliphatic heterocycles. The average Bonchev–Trinajstić information content (AvgIpc) is 3.84. The second kappa shape index (κ2) is 13.8. The Hall–Kier alpha value is -8.41. The molecule has 0 bridgehead atoms. The summed E-state index contributed by atoms with van der Waals surface area (Å²) in [5.41, 5.74) is 14.8. The van der Waals surface area contributed by atoms with Crippen molar-refractivity contribution >= 4 is 21.8 Å². The Morgan fingerprint density at radius 2 is 0.841 bits per heavy atom. The molecule has 0 atom stereocenters. The molecule has 2 aromatic heterocycles. The van der Waals surface area contributed by atoms with Gasteiger partial charge < -0.3 is 4.74 Å². The summed E-state index contributed by atoms with van der Waals surface area (Å²) >= 11 is 0. The van der Waals surface area contributed by atoms with Crippen LogP contribution in [0, 0.1) is 0 Å². The number of benzene rings is 9. The molecule has 0 fully saturated rings. The van der Waals surface area contributed by atoms with Crippen LogP contribution in [-0.4, -0.2) is 19.5 Å². The summed E-state index contributed by atoms with van der Waals surface area (Å²) in [4.78, 5) is 15.5. The van der Waals surface area contributed by atoms with E-state index in [0.717, 1.165) is 83.4 Å². The van der Waals surface area contributed by atoms with Crippen LogP contribution in [0.2, 0.25) is 0 Å². The zero-order valence-corrected chi connectivity index (χ0v) is 34.0. The minimum absolute atomic E-state index is 0.566. The number of hydrogen-bond acceptors (Lipinski definition) is 4. The smallest absolute Gasteiger partial charge is 0.238 e. The molecule has 0 amide bonds. The molecule has 294 valence electrons. The van der Waals surface area contributed by atoms with Crippen LogP contribution in [-0.2, 0) is 5.41 Å². The van der Waals surface area contributed by atoms with E-state index in [-0.39, 0.29) is 0 Å². The number of hydrogen-bond donors (Lipinski definition) is 0. The van der Waals surface area contributed by atoms with E-state index < -0.39 is 5.41 Å². The van der Waals surface area contributed by atoms with Crippen molar-refractivity contribution in [2.45, 2.75) is 5.41 Å². The zero-order valence-electron chi connectivity index (χ0n) is 34.0. The van der Waals surface area contributed by atoms with E-state index in [1.54, 1.807) is 0 Å². The van der Waals surface area contributed by atoms with E-state index in [2.05, 4.69) is 187 Å². The molecule has 0 radical (unpaired) electrons. The average molecular weight is 805 g/mol. The molecule has 9 aromatic carbocycles. The molecule has 2 aliphatic rings. The van der Waals surface area contributed by atoms with Crippen LogP contribution in [0.4, 0.5) is 0 Å². The van der Waals surface area contributed by atoms with Crippen molar-refractivity contribution in [3.05, 3.63) is 241 Å². The van der Waals surface area contributed by atoms with Gasteiger partial charge in [0.05, 0.1) is 16.4 Å². The van der Waals surface area contributed by atoms with Crippen LogP contribution in [0.3, 0.4) is 0 Å². The van der Waals surface area contributed by atoms with Gasteiger partial charge in [-0.25, -0.2) is 4.98 Å².